The molecular weight excluding hydrogens is 742 g/mol. The number of carbonyl (C=O) groups excluding carboxylic acids is 6. The summed E-state index contributed by atoms with van der Waals surface area (Å²) in [6.07, 6.45) is 6.28. The molecule has 2 saturated heterocycles. The second-order valence-electron chi connectivity index (χ2n) is 14.7. The molecule has 6 amide bonds. The van der Waals surface area contributed by atoms with Crippen molar-refractivity contribution in [3.8, 4) is 5.75 Å². The lowest BCUT2D eigenvalue weighted by molar-refractivity contribution is -0.136. The average Bonchev–Trinajstić information content (AvgIpc) is 3.72. The Bertz CT molecular complexity index is 2130. The fourth-order valence-electron chi connectivity index (χ4n) is 7.98. The lowest BCUT2D eigenvalue weighted by atomic mass is 9.92. The van der Waals surface area contributed by atoms with Crippen molar-refractivity contribution < 1.29 is 33.5 Å². The van der Waals surface area contributed by atoms with Gasteiger partial charge in [0, 0.05) is 64.1 Å². The number of aromatic nitrogens is 2. The van der Waals surface area contributed by atoms with Crippen LogP contribution in [0.25, 0.3) is 4.85 Å². The molecule has 4 aliphatic heterocycles. The zero-order chi connectivity index (χ0) is 39.1. The van der Waals surface area contributed by atoms with Crippen LogP contribution in [0.3, 0.4) is 0 Å². The van der Waals surface area contributed by atoms with E-state index in [1.807, 2.05) is 4.90 Å². The Morgan fingerprint density at radius 2 is 1.57 bits per heavy atom. The summed E-state index contributed by atoms with van der Waals surface area (Å²) in [5.41, 5.74) is 2.75. The van der Waals surface area contributed by atoms with Crippen molar-refractivity contribution in [1.82, 2.24) is 35.3 Å². The van der Waals surface area contributed by atoms with E-state index in [4.69, 9.17) is 22.9 Å². The lowest BCUT2D eigenvalue weighted by Crippen LogP contribution is -2.54. The summed E-state index contributed by atoms with van der Waals surface area (Å²) in [5.74, 6) is -1.37. The normalized spacial score (nSPS) is 22.4. The lowest BCUT2D eigenvalue weighted by Gasteiger charge is -2.35. The summed E-state index contributed by atoms with van der Waals surface area (Å²) < 4.78 is 6.06. The minimum Gasteiger partial charge on any atom is -0.490 e. The third-order valence-corrected chi connectivity index (χ3v) is 11.4. The smallest absolute Gasteiger partial charge is 0.262 e. The number of hydrogen-bond acceptors (Lipinski definition) is 11. The first kappa shape index (κ1) is 37.0. The zero-order valence-corrected chi connectivity index (χ0v) is 31.1. The number of ether oxygens (including phenoxy) is 1. The molecule has 1 aromatic heterocycles. The van der Waals surface area contributed by atoms with Gasteiger partial charge in [0.1, 0.15) is 11.8 Å². The van der Waals surface area contributed by atoms with Crippen LogP contribution in [0, 0.1) is 6.57 Å². The third kappa shape index (κ3) is 7.39. The molecule has 5 aliphatic rings. The number of fused-ring (bicyclic) bond motifs is 2. The van der Waals surface area contributed by atoms with Crippen molar-refractivity contribution in [2.45, 2.75) is 69.8 Å². The summed E-state index contributed by atoms with van der Waals surface area (Å²) >= 11 is 6.14. The van der Waals surface area contributed by atoms with Crippen molar-refractivity contribution in [2.75, 3.05) is 37.6 Å². The van der Waals surface area contributed by atoms with Crippen LogP contribution >= 0.6 is 11.6 Å². The Kier molecular flexibility index (Phi) is 10.1. The minimum atomic E-state index is -1.03. The molecule has 288 valence electrons. The number of piperidine rings is 1. The highest BCUT2D eigenvalue weighted by Gasteiger charge is 2.45. The predicted octanol–water partition coefficient (Wildman–Crippen LogP) is 2.87. The quantitative estimate of drug-likeness (QED) is 0.254. The van der Waals surface area contributed by atoms with Crippen LogP contribution in [-0.4, -0.2) is 111 Å². The highest BCUT2D eigenvalue weighted by molar-refractivity contribution is 6.33. The predicted molar refractivity (Wildman–Crippen MR) is 200 cm³/mol. The first-order valence-electron chi connectivity index (χ1n) is 18.6. The third-order valence-electron chi connectivity index (χ3n) is 11.1. The molecule has 0 spiro atoms. The highest BCUT2D eigenvalue weighted by Crippen LogP contribution is 2.34. The van der Waals surface area contributed by atoms with Crippen LogP contribution < -0.4 is 20.3 Å². The maximum absolute atomic E-state index is 13.4. The Labute approximate surface area is 326 Å². The van der Waals surface area contributed by atoms with Gasteiger partial charge in [0.2, 0.25) is 29.4 Å². The van der Waals surface area contributed by atoms with Gasteiger partial charge in [-0.25, -0.2) is 14.8 Å². The van der Waals surface area contributed by atoms with Crippen LogP contribution in [0.15, 0.2) is 42.7 Å². The molecule has 0 bridgehead atoms. The van der Waals surface area contributed by atoms with Gasteiger partial charge in [0.15, 0.2) is 0 Å². The molecular formula is C39H38ClN9O7. The molecule has 1 aliphatic carbocycles. The van der Waals surface area contributed by atoms with Crippen LogP contribution in [0.1, 0.15) is 80.7 Å². The molecule has 1 atom stereocenters. The fourth-order valence-corrected chi connectivity index (χ4v) is 8.19. The summed E-state index contributed by atoms with van der Waals surface area (Å²) in [6.45, 7) is 10.4. The molecule has 3 fully saturated rings. The fraction of sp³-hybridized carbons (Fsp3) is 0.410. The monoisotopic (exact) mass is 779 g/mol. The summed E-state index contributed by atoms with van der Waals surface area (Å²) in [4.78, 5) is 95.9. The number of hydrogen-bond donors (Lipinski definition) is 2. The van der Waals surface area contributed by atoms with E-state index in [-0.39, 0.29) is 54.5 Å². The van der Waals surface area contributed by atoms with Gasteiger partial charge >= 0.3 is 0 Å². The number of anilines is 1. The van der Waals surface area contributed by atoms with Crippen molar-refractivity contribution in [3.05, 3.63) is 87.0 Å². The van der Waals surface area contributed by atoms with Crippen LogP contribution in [0.4, 0.5) is 11.6 Å². The standard InChI is InChI=1S/C39H38ClN9O7/c1-41-31-7-6-27(16-30(31)40)56-26-4-2-25(3-5-26)44-35(52)24-17-42-39(43-18-24)47-12-10-46(11-13-47)21-34(51)48-19-22-14-28-29(15-23(22)20-48)38(55)49(37(28)54)32-8-9-33(50)45-36(32)53/h6-7,14-18,25-26,32H,2-5,8-13,19-21H2,(H,44,52)(H,45,50,53). The van der Waals surface area contributed by atoms with E-state index in [1.165, 1.54) is 12.4 Å². The van der Waals surface area contributed by atoms with E-state index in [0.29, 0.717) is 67.2 Å². The number of amides is 6. The maximum Gasteiger partial charge on any atom is 0.262 e. The second-order valence-corrected chi connectivity index (χ2v) is 15.1. The first-order valence-corrected chi connectivity index (χ1v) is 19.0. The molecule has 5 heterocycles. The molecule has 2 aromatic carbocycles. The van der Waals surface area contributed by atoms with Gasteiger partial charge in [-0.2, -0.15) is 0 Å². The number of benzene rings is 2. The van der Waals surface area contributed by atoms with Crippen LogP contribution in [0.5, 0.6) is 5.75 Å². The highest BCUT2D eigenvalue weighted by atomic mass is 35.5. The molecule has 2 N–H and O–H groups in total. The second kappa shape index (κ2) is 15.3. The molecule has 0 radical (unpaired) electrons. The minimum absolute atomic E-state index is 0.00173. The van der Waals surface area contributed by atoms with Gasteiger partial charge in [-0.05, 0) is 67.5 Å². The van der Waals surface area contributed by atoms with Gasteiger partial charge in [-0.15, -0.1) is 0 Å². The summed E-state index contributed by atoms with van der Waals surface area (Å²) in [6, 6.07) is 7.34. The maximum atomic E-state index is 13.4. The number of rotatable bonds is 8. The molecule has 56 heavy (non-hydrogen) atoms. The molecule has 3 aromatic rings. The molecule has 16 nitrogen and oxygen atoms in total. The molecule has 17 heteroatoms. The largest absolute Gasteiger partial charge is 0.490 e. The van der Waals surface area contributed by atoms with Crippen molar-refractivity contribution >= 4 is 58.7 Å². The van der Waals surface area contributed by atoms with Crippen molar-refractivity contribution in [3.63, 3.8) is 0 Å². The van der Waals surface area contributed by atoms with Crippen LogP contribution in [0.2, 0.25) is 5.02 Å². The Balaban J connectivity index is 0.776. The summed E-state index contributed by atoms with van der Waals surface area (Å²) in [7, 11) is 0. The van der Waals surface area contributed by atoms with Gasteiger partial charge in [-0.3, -0.25) is 43.9 Å². The van der Waals surface area contributed by atoms with E-state index in [9.17, 15) is 28.8 Å². The number of nitrogens with zero attached hydrogens (tertiary/aromatic N) is 7. The van der Waals surface area contributed by atoms with Gasteiger partial charge in [0.25, 0.3) is 17.7 Å². The number of imide groups is 2. The SMILES string of the molecule is [C-]#[N+]c1ccc(OC2CCC(NC(=O)c3cnc(N4CCN(CC(=O)N5Cc6cc7c(cc6C5)C(=O)N(C5CCC(=O)NC5=O)C7=O)CC4)nc3)CC2)cc1Cl. The number of piperazine rings is 1. The van der Waals surface area contributed by atoms with E-state index in [0.717, 1.165) is 41.7 Å². The van der Waals surface area contributed by atoms with Gasteiger partial charge in [-0.1, -0.05) is 17.7 Å². The first-order chi connectivity index (χ1) is 27.0. The van der Waals surface area contributed by atoms with E-state index in [1.54, 1.807) is 35.2 Å². The average molecular weight is 780 g/mol. The van der Waals surface area contributed by atoms with Gasteiger partial charge in [0.05, 0.1) is 40.9 Å². The topological polar surface area (TPSA) is 179 Å². The van der Waals surface area contributed by atoms with E-state index >= 15 is 0 Å². The van der Waals surface area contributed by atoms with E-state index < -0.39 is 29.7 Å². The van der Waals surface area contributed by atoms with Crippen molar-refractivity contribution in [2.24, 2.45) is 0 Å². The zero-order valence-electron chi connectivity index (χ0n) is 30.3. The Morgan fingerprint density at radius 3 is 2.18 bits per heavy atom. The summed E-state index contributed by atoms with van der Waals surface area (Å²) in [5, 5.41) is 5.66. The van der Waals surface area contributed by atoms with E-state index in [2.05, 4.69) is 30.3 Å². The molecule has 8 rings (SSSR count). The Morgan fingerprint density at radius 1 is 0.911 bits per heavy atom. The number of halogens is 1. The van der Waals surface area contributed by atoms with Gasteiger partial charge < -0.3 is 19.9 Å². The molecule has 1 unspecified atom stereocenters. The number of carbonyl (C=O) groups is 6. The van der Waals surface area contributed by atoms with Crippen molar-refractivity contribution in [1.29, 1.82) is 0 Å². The molecule has 1 saturated carbocycles. The van der Waals surface area contributed by atoms with Crippen LogP contribution in [-0.2, 0) is 27.5 Å². The Hall–Kier alpha value is -5.92. The number of nitrogens with one attached hydrogen (secondary N) is 2.